The number of carbonyl (C=O) groups excluding carboxylic acids is 1. The summed E-state index contributed by atoms with van der Waals surface area (Å²) in [5.74, 6) is -0.798. The van der Waals surface area contributed by atoms with Crippen molar-refractivity contribution in [3.05, 3.63) is 35.6 Å². The van der Waals surface area contributed by atoms with Gasteiger partial charge in [-0.1, -0.05) is 12.1 Å². The molecule has 1 amide bonds. The van der Waals surface area contributed by atoms with Crippen molar-refractivity contribution < 1.29 is 9.18 Å². The molecule has 0 saturated carbocycles. The van der Waals surface area contributed by atoms with Crippen LogP contribution in [0.25, 0.3) is 0 Å². The van der Waals surface area contributed by atoms with Gasteiger partial charge in [0.25, 0.3) is 5.91 Å². The molecule has 1 saturated heterocycles. The summed E-state index contributed by atoms with van der Waals surface area (Å²) in [4.78, 5) is 14.5. The third kappa shape index (κ3) is 3.13. The van der Waals surface area contributed by atoms with Crippen molar-refractivity contribution in [2.24, 2.45) is 0 Å². The van der Waals surface area contributed by atoms with Gasteiger partial charge in [0.2, 0.25) is 0 Å². The zero-order chi connectivity index (χ0) is 14.0. The van der Waals surface area contributed by atoms with Crippen LogP contribution in [0.1, 0.15) is 37.6 Å². The zero-order valence-corrected chi connectivity index (χ0v) is 11.7. The molecule has 1 aliphatic rings. The van der Waals surface area contributed by atoms with Crippen LogP contribution in [0.4, 0.5) is 4.39 Å². The minimum Gasteiger partial charge on any atom is -0.345 e. The maximum Gasteiger partial charge on any atom is 0.254 e. The van der Waals surface area contributed by atoms with E-state index in [4.69, 9.17) is 0 Å². The monoisotopic (exact) mass is 264 g/mol. The summed E-state index contributed by atoms with van der Waals surface area (Å²) >= 11 is 0. The van der Waals surface area contributed by atoms with Crippen molar-refractivity contribution in [1.82, 2.24) is 10.2 Å². The van der Waals surface area contributed by atoms with Gasteiger partial charge in [-0.15, -0.1) is 0 Å². The Bertz CT molecular complexity index is 475. The summed E-state index contributed by atoms with van der Waals surface area (Å²) in [6.07, 6.45) is 0.894. The molecule has 1 aromatic rings. The lowest BCUT2D eigenvalue weighted by Crippen LogP contribution is -2.48. The molecule has 1 atom stereocenters. The van der Waals surface area contributed by atoms with E-state index in [0.29, 0.717) is 6.04 Å². The second-order valence-corrected chi connectivity index (χ2v) is 5.81. The fraction of sp³-hybridized carbons (Fsp3) is 0.533. The van der Waals surface area contributed by atoms with Crippen LogP contribution in [0.2, 0.25) is 0 Å². The zero-order valence-electron chi connectivity index (χ0n) is 11.7. The largest absolute Gasteiger partial charge is 0.345 e. The van der Waals surface area contributed by atoms with Crippen LogP contribution in [0.15, 0.2) is 24.3 Å². The minimum absolute atomic E-state index is 0.117. The van der Waals surface area contributed by atoms with Crippen molar-refractivity contribution >= 4 is 5.91 Å². The molecule has 1 fully saturated rings. The Balaban J connectivity index is 2.06. The predicted molar refractivity (Wildman–Crippen MR) is 73.6 cm³/mol. The van der Waals surface area contributed by atoms with Crippen LogP contribution in [-0.2, 0) is 0 Å². The first-order valence-corrected chi connectivity index (χ1v) is 6.72. The van der Waals surface area contributed by atoms with Crippen molar-refractivity contribution in [2.75, 3.05) is 13.1 Å². The fourth-order valence-electron chi connectivity index (χ4n) is 2.53. The molecule has 1 aromatic carbocycles. The van der Waals surface area contributed by atoms with Gasteiger partial charge in [0.1, 0.15) is 5.82 Å². The number of nitrogens with one attached hydrogen (secondary N) is 1. The van der Waals surface area contributed by atoms with Gasteiger partial charge in [-0.3, -0.25) is 9.69 Å². The van der Waals surface area contributed by atoms with E-state index in [1.165, 1.54) is 12.1 Å². The van der Waals surface area contributed by atoms with E-state index >= 15 is 0 Å². The van der Waals surface area contributed by atoms with Gasteiger partial charge in [0, 0.05) is 19.1 Å². The van der Waals surface area contributed by atoms with Crippen LogP contribution in [0, 0.1) is 5.82 Å². The Kier molecular flexibility index (Phi) is 3.90. The average Bonchev–Trinajstić information content (AvgIpc) is 2.72. The second-order valence-electron chi connectivity index (χ2n) is 5.81. The van der Waals surface area contributed by atoms with Gasteiger partial charge >= 0.3 is 0 Å². The molecule has 2 rings (SSSR count). The molecule has 4 heteroatoms. The molecular formula is C15H21FN2O. The van der Waals surface area contributed by atoms with E-state index in [0.717, 1.165) is 19.5 Å². The number of hydrogen-bond acceptors (Lipinski definition) is 2. The molecular weight excluding hydrogens is 243 g/mol. The molecule has 0 spiro atoms. The van der Waals surface area contributed by atoms with E-state index in [1.54, 1.807) is 12.1 Å². The summed E-state index contributed by atoms with van der Waals surface area (Å²) < 4.78 is 13.6. The van der Waals surface area contributed by atoms with Gasteiger partial charge < -0.3 is 5.32 Å². The highest BCUT2D eigenvalue weighted by Crippen LogP contribution is 2.23. The number of likely N-dealkylation sites (tertiary alicyclic amines) is 1. The smallest absolute Gasteiger partial charge is 0.254 e. The molecule has 0 aliphatic carbocycles. The van der Waals surface area contributed by atoms with E-state index < -0.39 is 5.82 Å². The van der Waals surface area contributed by atoms with Crippen LogP contribution in [0.3, 0.4) is 0 Å². The van der Waals surface area contributed by atoms with Gasteiger partial charge in [-0.2, -0.15) is 0 Å². The van der Waals surface area contributed by atoms with Crippen molar-refractivity contribution in [3.8, 4) is 0 Å². The molecule has 3 nitrogen and oxygen atoms in total. The summed E-state index contributed by atoms with van der Waals surface area (Å²) in [7, 11) is 0. The molecule has 1 N–H and O–H groups in total. The Labute approximate surface area is 113 Å². The Morgan fingerprint density at radius 3 is 2.68 bits per heavy atom. The maximum atomic E-state index is 13.6. The first-order valence-electron chi connectivity index (χ1n) is 6.72. The molecule has 1 aliphatic heterocycles. The maximum absolute atomic E-state index is 13.6. The van der Waals surface area contributed by atoms with Crippen LogP contribution in [0.5, 0.6) is 0 Å². The van der Waals surface area contributed by atoms with Crippen LogP contribution in [-0.4, -0.2) is 35.5 Å². The van der Waals surface area contributed by atoms with Crippen molar-refractivity contribution in [3.63, 3.8) is 0 Å². The Hall–Kier alpha value is -1.42. The lowest BCUT2D eigenvalue weighted by atomic mass is 10.0. The lowest BCUT2D eigenvalue weighted by Gasteiger charge is -2.27. The topological polar surface area (TPSA) is 32.3 Å². The van der Waals surface area contributed by atoms with Gasteiger partial charge in [-0.25, -0.2) is 4.39 Å². The fourth-order valence-corrected chi connectivity index (χ4v) is 2.53. The predicted octanol–water partition coefficient (Wildman–Crippen LogP) is 2.43. The first kappa shape index (κ1) is 14.0. The Morgan fingerprint density at radius 2 is 2.11 bits per heavy atom. The van der Waals surface area contributed by atoms with Crippen molar-refractivity contribution in [2.45, 2.75) is 38.8 Å². The van der Waals surface area contributed by atoms with Gasteiger partial charge in [0.05, 0.1) is 11.1 Å². The number of nitrogens with zero attached hydrogens (tertiary/aromatic N) is 1. The summed E-state index contributed by atoms with van der Waals surface area (Å²) in [5, 5.41) is 2.98. The van der Waals surface area contributed by atoms with E-state index in [1.807, 2.05) is 6.92 Å². The molecule has 104 valence electrons. The van der Waals surface area contributed by atoms with Crippen LogP contribution < -0.4 is 5.32 Å². The standard InChI is InChI=1S/C15H21FN2O/c1-11(2)18-9-8-15(3,10-18)17-14(19)12-6-4-5-7-13(12)16/h4-7,11H,8-10H2,1-3H3,(H,17,19). The summed E-state index contributed by atoms with van der Waals surface area (Å²) in [5.41, 5.74) is -0.157. The van der Waals surface area contributed by atoms with E-state index in [-0.39, 0.29) is 17.0 Å². The lowest BCUT2D eigenvalue weighted by molar-refractivity contribution is 0.0901. The minimum atomic E-state index is -0.470. The molecule has 1 unspecified atom stereocenters. The summed E-state index contributed by atoms with van der Waals surface area (Å²) in [6, 6.07) is 6.56. The van der Waals surface area contributed by atoms with Crippen LogP contribution >= 0.6 is 0 Å². The third-order valence-corrected chi connectivity index (χ3v) is 3.77. The van der Waals surface area contributed by atoms with Gasteiger partial charge in [0.15, 0.2) is 0 Å². The third-order valence-electron chi connectivity index (χ3n) is 3.77. The summed E-state index contributed by atoms with van der Waals surface area (Å²) in [6.45, 7) is 8.08. The first-order chi connectivity index (χ1) is 8.91. The normalized spacial score (nSPS) is 23.8. The molecule has 0 bridgehead atoms. The molecule has 0 radical (unpaired) electrons. The number of amides is 1. The molecule has 19 heavy (non-hydrogen) atoms. The van der Waals surface area contributed by atoms with E-state index in [2.05, 4.69) is 24.1 Å². The number of halogens is 1. The number of carbonyl (C=O) groups is 1. The highest BCUT2D eigenvalue weighted by atomic mass is 19.1. The number of hydrogen-bond donors (Lipinski definition) is 1. The SMILES string of the molecule is CC(C)N1CCC(C)(NC(=O)c2ccccc2F)C1. The van der Waals surface area contributed by atoms with Crippen molar-refractivity contribution in [1.29, 1.82) is 0 Å². The highest BCUT2D eigenvalue weighted by molar-refractivity contribution is 5.94. The quantitative estimate of drug-likeness (QED) is 0.909. The number of rotatable bonds is 3. The average molecular weight is 264 g/mol. The second kappa shape index (κ2) is 5.29. The molecule has 0 aromatic heterocycles. The van der Waals surface area contributed by atoms with Gasteiger partial charge in [-0.05, 0) is 39.3 Å². The highest BCUT2D eigenvalue weighted by Gasteiger charge is 2.36. The van der Waals surface area contributed by atoms with E-state index in [9.17, 15) is 9.18 Å². The number of benzene rings is 1. The molecule has 1 heterocycles. The Morgan fingerprint density at radius 1 is 1.42 bits per heavy atom.